The molecule has 3 aromatic rings. The largest absolute Gasteiger partial charge is 0.507 e. The topological polar surface area (TPSA) is 268 Å². The number of phenolic OH excluding ortho intramolecular Hbond substituents is 2. The summed E-state index contributed by atoms with van der Waals surface area (Å²) in [6, 6.07) is 4.76. The van der Waals surface area contributed by atoms with Crippen molar-refractivity contribution in [3.63, 3.8) is 0 Å². The van der Waals surface area contributed by atoms with E-state index in [-0.39, 0.29) is 28.6 Å². The molecule has 17 nitrogen and oxygen atoms in total. The van der Waals surface area contributed by atoms with Crippen LogP contribution in [0.25, 0.3) is 22.3 Å². The number of fused-ring (bicyclic) bond motifs is 1. The van der Waals surface area contributed by atoms with E-state index in [2.05, 4.69) is 0 Å². The minimum Gasteiger partial charge on any atom is -0.507 e. The molecule has 5 rings (SSSR count). The zero-order valence-corrected chi connectivity index (χ0v) is 24.6. The van der Waals surface area contributed by atoms with Gasteiger partial charge in [0.05, 0.1) is 26.9 Å². The van der Waals surface area contributed by atoms with Gasteiger partial charge in [-0.3, -0.25) is 4.79 Å². The van der Waals surface area contributed by atoms with Gasteiger partial charge in [-0.25, -0.2) is 0 Å². The van der Waals surface area contributed by atoms with Gasteiger partial charge in [0, 0.05) is 11.6 Å². The van der Waals surface area contributed by atoms with E-state index in [9.17, 15) is 50.8 Å². The second kappa shape index (κ2) is 13.1. The molecule has 2 saturated heterocycles. The van der Waals surface area contributed by atoms with Gasteiger partial charge >= 0.3 is 0 Å². The highest BCUT2D eigenvalue weighted by Crippen LogP contribution is 2.45. The molecule has 2 aromatic carbocycles. The summed E-state index contributed by atoms with van der Waals surface area (Å²) >= 11 is 0. The van der Waals surface area contributed by atoms with Crippen molar-refractivity contribution in [3.05, 3.63) is 34.5 Å². The summed E-state index contributed by atoms with van der Waals surface area (Å²) in [6.45, 7) is 0.606. The molecule has 9 N–H and O–H groups in total. The predicted octanol–water partition coefficient (Wildman–Crippen LogP) is -1.38. The molecule has 17 heteroatoms. The zero-order valence-electron chi connectivity index (χ0n) is 24.6. The maximum absolute atomic E-state index is 13.2. The van der Waals surface area contributed by atoms with Crippen LogP contribution in [0.15, 0.2) is 33.5 Å². The van der Waals surface area contributed by atoms with Crippen molar-refractivity contribution in [2.75, 3.05) is 20.8 Å². The van der Waals surface area contributed by atoms with Crippen molar-refractivity contribution < 1.29 is 78.8 Å². The Morgan fingerprint density at radius 2 is 1.52 bits per heavy atom. The number of hydrogen-bond donors (Lipinski definition) is 9. The maximum atomic E-state index is 13.2. The lowest BCUT2D eigenvalue weighted by Crippen LogP contribution is -2.64. The second-order valence-electron chi connectivity index (χ2n) is 10.7. The molecule has 0 amide bonds. The number of ether oxygens (including phenoxy) is 6. The Labute approximate surface area is 259 Å². The molecule has 0 spiro atoms. The second-order valence-corrected chi connectivity index (χ2v) is 10.7. The zero-order chi connectivity index (χ0) is 33.6. The van der Waals surface area contributed by atoms with Gasteiger partial charge in [-0.2, -0.15) is 0 Å². The smallest absolute Gasteiger partial charge is 0.238 e. The summed E-state index contributed by atoms with van der Waals surface area (Å²) in [4.78, 5) is 13.2. The van der Waals surface area contributed by atoms with Crippen molar-refractivity contribution in [3.8, 4) is 45.8 Å². The molecule has 0 aliphatic carbocycles. The first-order valence-corrected chi connectivity index (χ1v) is 13.9. The van der Waals surface area contributed by atoms with Crippen LogP contribution in [0.3, 0.4) is 0 Å². The lowest BCUT2D eigenvalue weighted by molar-refractivity contribution is -0.354. The summed E-state index contributed by atoms with van der Waals surface area (Å²) in [5.74, 6) is -2.94. The number of hydrogen-bond acceptors (Lipinski definition) is 17. The summed E-state index contributed by atoms with van der Waals surface area (Å²) in [7, 11) is 2.45. The molecule has 1 aromatic heterocycles. The fourth-order valence-electron chi connectivity index (χ4n) is 5.29. The van der Waals surface area contributed by atoms with Gasteiger partial charge in [-0.05, 0) is 25.1 Å². The summed E-state index contributed by atoms with van der Waals surface area (Å²) in [6.07, 6.45) is -16.1. The number of aliphatic hydroxyl groups excluding tert-OH is 6. The van der Waals surface area contributed by atoms with Crippen LogP contribution in [-0.4, -0.2) is 128 Å². The Morgan fingerprint density at radius 3 is 2.17 bits per heavy atom. The van der Waals surface area contributed by atoms with Gasteiger partial charge in [-0.15, -0.1) is 0 Å². The van der Waals surface area contributed by atoms with Crippen molar-refractivity contribution in [2.45, 2.75) is 68.3 Å². The standard InChI is InChI=1S/C29H34O17/c1-9-17(33)20(36)23(39)28(42-9)46-27-21(37)18(34)15(8-30)44-29(27)43-14-7-12(32)16-19(35)22(38)24(45-26(16)25(14)41-3)10-4-5-11(31)13(6-10)40-2/h4-7,9,15,17-18,20-21,23,27-34,36-39H,8H2,1-3H3. The lowest BCUT2D eigenvalue weighted by Gasteiger charge is -2.45. The highest BCUT2D eigenvalue weighted by atomic mass is 16.8. The van der Waals surface area contributed by atoms with Gasteiger partial charge in [0.1, 0.15) is 47.8 Å². The first-order valence-electron chi connectivity index (χ1n) is 13.9. The third kappa shape index (κ3) is 5.76. The van der Waals surface area contributed by atoms with Gasteiger partial charge in [-0.1, -0.05) is 0 Å². The fourth-order valence-corrected chi connectivity index (χ4v) is 5.29. The van der Waals surface area contributed by atoms with Gasteiger partial charge in [0.2, 0.25) is 23.2 Å². The summed E-state index contributed by atoms with van der Waals surface area (Å²) in [5.41, 5.74) is -1.37. The number of phenols is 2. The van der Waals surface area contributed by atoms with Crippen LogP contribution in [-0.2, 0) is 14.2 Å². The first-order chi connectivity index (χ1) is 21.8. The molecule has 2 fully saturated rings. The summed E-state index contributed by atoms with van der Waals surface area (Å²) < 4.78 is 39.1. The van der Waals surface area contributed by atoms with Gasteiger partial charge in [0.25, 0.3) is 0 Å². The number of benzene rings is 2. The number of rotatable bonds is 8. The molecule has 46 heavy (non-hydrogen) atoms. The number of aliphatic hydroxyl groups is 6. The van der Waals surface area contributed by atoms with Gasteiger partial charge < -0.3 is 78.8 Å². The average molecular weight is 655 g/mol. The van der Waals surface area contributed by atoms with Crippen molar-refractivity contribution in [1.82, 2.24) is 0 Å². The number of methoxy groups -OCH3 is 2. The van der Waals surface area contributed by atoms with Crippen molar-refractivity contribution in [2.24, 2.45) is 0 Å². The van der Waals surface area contributed by atoms with E-state index in [4.69, 9.17) is 32.8 Å². The molecule has 0 radical (unpaired) electrons. The predicted molar refractivity (Wildman–Crippen MR) is 152 cm³/mol. The third-order valence-electron chi connectivity index (χ3n) is 7.86. The highest BCUT2D eigenvalue weighted by molar-refractivity contribution is 5.93. The van der Waals surface area contributed by atoms with Crippen molar-refractivity contribution >= 4 is 11.0 Å². The Balaban J connectivity index is 1.58. The molecule has 2 aliphatic rings. The van der Waals surface area contributed by atoms with E-state index in [0.29, 0.717) is 0 Å². The van der Waals surface area contributed by atoms with Crippen LogP contribution in [0.1, 0.15) is 6.92 Å². The molecular formula is C29H34O17. The van der Waals surface area contributed by atoms with Crippen LogP contribution in [0.5, 0.6) is 34.5 Å². The molecule has 10 atom stereocenters. The fraction of sp³-hybridized carbons (Fsp3) is 0.483. The Morgan fingerprint density at radius 1 is 0.804 bits per heavy atom. The molecule has 0 saturated carbocycles. The Bertz CT molecular complexity index is 1620. The molecule has 252 valence electrons. The minimum absolute atomic E-state index is 0.00491. The normalized spacial score (nSPS) is 31.5. The van der Waals surface area contributed by atoms with Crippen molar-refractivity contribution in [1.29, 1.82) is 0 Å². The quantitative estimate of drug-likeness (QED) is 0.135. The van der Waals surface area contributed by atoms with Crippen LogP contribution >= 0.6 is 0 Å². The monoisotopic (exact) mass is 654 g/mol. The molecule has 10 unspecified atom stereocenters. The van der Waals surface area contributed by atoms with E-state index >= 15 is 0 Å². The first kappa shape index (κ1) is 33.5. The third-order valence-corrected chi connectivity index (χ3v) is 7.86. The summed E-state index contributed by atoms with van der Waals surface area (Å²) in [5, 5.41) is 93.0. The van der Waals surface area contributed by atoms with Gasteiger partial charge in [0.15, 0.2) is 41.0 Å². The lowest BCUT2D eigenvalue weighted by atomic mass is 9.97. The Kier molecular flexibility index (Phi) is 9.50. The minimum atomic E-state index is -1.85. The van der Waals surface area contributed by atoms with Crippen LogP contribution in [0.4, 0.5) is 0 Å². The molecule has 2 aliphatic heterocycles. The molecule has 0 bridgehead atoms. The highest BCUT2D eigenvalue weighted by Gasteiger charge is 2.51. The molecule has 3 heterocycles. The van der Waals surface area contributed by atoms with E-state index in [1.807, 2.05) is 0 Å². The van der Waals surface area contributed by atoms with E-state index < -0.39 is 102 Å². The average Bonchev–Trinajstić information content (AvgIpc) is 3.03. The van der Waals surface area contributed by atoms with E-state index in [1.165, 1.54) is 39.3 Å². The molecular weight excluding hydrogens is 620 g/mol. The Hall–Kier alpha value is -3.91. The van der Waals surface area contributed by atoms with E-state index in [1.54, 1.807) is 0 Å². The van der Waals surface area contributed by atoms with Crippen LogP contribution in [0.2, 0.25) is 0 Å². The number of aromatic hydroxyl groups is 3. The van der Waals surface area contributed by atoms with Crippen LogP contribution < -0.4 is 19.6 Å². The van der Waals surface area contributed by atoms with E-state index in [0.717, 1.165) is 6.07 Å². The van der Waals surface area contributed by atoms with Crippen LogP contribution in [0, 0.1) is 0 Å². The SMILES string of the molecule is COc1cc(-c2oc3c(OC)c(OC4OC(CO)C(O)C(O)C4OC4OC(C)C(O)C(O)C4O)cc(O)c3c(=O)c2O)ccc1O. The maximum Gasteiger partial charge on any atom is 0.238 e.